The van der Waals surface area contributed by atoms with Gasteiger partial charge in [0.05, 0.1) is 24.2 Å². The number of carbonyl (C=O) groups is 2. The molecule has 2 rings (SSSR count). The third-order valence-corrected chi connectivity index (χ3v) is 3.76. The van der Waals surface area contributed by atoms with E-state index in [1.165, 1.54) is 0 Å². The molecule has 0 aliphatic carbocycles. The van der Waals surface area contributed by atoms with Crippen LogP contribution < -0.4 is 15.5 Å². The van der Waals surface area contributed by atoms with Crippen LogP contribution in [0.2, 0.25) is 5.02 Å². The molecule has 2 aromatic carbocycles. The van der Waals surface area contributed by atoms with E-state index in [0.717, 1.165) is 11.3 Å². The van der Waals surface area contributed by atoms with Crippen molar-refractivity contribution in [1.29, 1.82) is 0 Å². The van der Waals surface area contributed by atoms with Crippen LogP contribution in [0.3, 0.4) is 0 Å². The predicted molar refractivity (Wildman–Crippen MR) is 104 cm³/mol. The predicted octanol–water partition coefficient (Wildman–Crippen LogP) is 3.98. The first kappa shape index (κ1) is 20.3. The first-order valence-electron chi connectivity index (χ1n) is 8.11. The fourth-order valence-electron chi connectivity index (χ4n) is 2.07. The SMILES string of the molecule is COc1ccc(COC(=O)N/N=C(\C)CC(=O)Nc2ccccc2Cl)cc1. The molecule has 0 unspecified atom stereocenters. The van der Waals surface area contributed by atoms with Gasteiger partial charge in [-0.15, -0.1) is 0 Å². The molecule has 0 aliphatic heterocycles. The van der Waals surface area contributed by atoms with Gasteiger partial charge in [-0.25, -0.2) is 10.2 Å². The van der Waals surface area contributed by atoms with Gasteiger partial charge in [-0.05, 0) is 36.8 Å². The van der Waals surface area contributed by atoms with Gasteiger partial charge in [-0.2, -0.15) is 5.10 Å². The molecule has 0 atom stereocenters. The molecule has 0 aliphatic rings. The van der Waals surface area contributed by atoms with Crippen LogP contribution in [-0.2, 0) is 16.1 Å². The minimum absolute atomic E-state index is 0.00395. The summed E-state index contributed by atoms with van der Waals surface area (Å²) >= 11 is 5.98. The third-order valence-electron chi connectivity index (χ3n) is 3.43. The molecule has 2 amide bonds. The first-order chi connectivity index (χ1) is 13.0. The second-order valence-electron chi connectivity index (χ2n) is 5.59. The summed E-state index contributed by atoms with van der Waals surface area (Å²) in [5.74, 6) is 0.427. The van der Waals surface area contributed by atoms with Gasteiger partial charge in [0.25, 0.3) is 0 Å². The standard InChI is InChI=1S/C19H20ClN3O4/c1-13(11-18(24)21-17-6-4-3-5-16(17)20)22-23-19(25)27-12-14-7-9-15(26-2)10-8-14/h3-10H,11-12H2,1-2H3,(H,21,24)(H,23,25)/b22-13+. The largest absolute Gasteiger partial charge is 0.497 e. The number of methoxy groups -OCH3 is 1. The van der Waals surface area contributed by atoms with Crippen molar-refractivity contribution in [2.75, 3.05) is 12.4 Å². The minimum atomic E-state index is -0.711. The van der Waals surface area contributed by atoms with Crippen LogP contribution in [0.5, 0.6) is 5.75 Å². The minimum Gasteiger partial charge on any atom is -0.497 e. The average molecular weight is 390 g/mol. The molecule has 142 valence electrons. The van der Waals surface area contributed by atoms with Crippen molar-refractivity contribution < 1.29 is 19.1 Å². The van der Waals surface area contributed by atoms with E-state index in [1.807, 2.05) is 0 Å². The van der Waals surface area contributed by atoms with Gasteiger partial charge in [-0.1, -0.05) is 35.9 Å². The van der Waals surface area contributed by atoms with Gasteiger partial charge in [0, 0.05) is 5.71 Å². The van der Waals surface area contributed by atoms with Crippen LogP contribution in [0.15, 0.2) is 53.6 Å². The van der Waals surface area contributed by atoms with Crippen LogP contribution in [-0.4, -0.2) is 24.8 Å². The van der Waals surface area contributed by atoms with E-state index in [9.17, 15) is 9.59 Å². The molecule has 0 fully saturated rings. The summed E-state index contributed by atoms with van der Waals surface area (Å²) in [6.45, 7) is 1.72. The summed E-state index contributed by atoms with van der Waals surface area (Å²) in [5.41, 5.74) is 4.00. The molecular weight excluding hydrogens is 370 g/mol. The first-order valence-corrected chi connectivity index (χ1v) is 8.49. The Balaban J connectivity index is 1.75. The lowest BCUT2D eigenvalue weighted by Gasteiger charge is -2.07. The van der Waals surface area contributed by atoms with E-state index >= 15 is 0 Å². The van der Waals surface area contributed by atoms with Crippen LogP contribution in [0, 0.1) is 0 Å². The zero-order chi connectivity index (χ0) is 19.6. The van der Waals surface area contributed by atoms with Crippen molar-refractivity contribution in [3.05, 3.63) is 59.1 Å². The lowest BCUT2D eigenvalue weighted by Crippen LogP contribution is -2.22. The molecule has 0 saturated carbocycles. The Kier molecular flexibility index (Phi) is 7.63. The molecule has 2 N–H and O–H groups in total. The quantitative estimate of drug-likeness (QED) is 0.553. The summed E-state index contributed by atoms with van der Waals surface area (Å²) < 4.78 is 10.1. The highest BCUT2D eigenvalue weighted by Gasteiger charge is 2.08. The number of anilines is 1. The van der Waals surface area contributed by atoms with Crippen LogP contribution in [0.1, 0.15) is 18.9 Å². The number of hydrogen-bond donors (Lipinski definition) is 2. The Labute approximate surface area is 162 Å². The van der Waals surface area contributed by atoms with Gasteiger partial charge in [0.2, 0.25) is 5.91 Å². The molecule has 0 saturated heterocycles. The summed E-state index contributed by atoms with van der Waals surface area (Å²) in [6.07, 6.45) is -0.707. The average Bonchev–Trinajstić information content (AvgIpc) is 2.67. The Morgan fingerprint density at radius 2 is 1.81 bits per heavy atom. The maximum absolute atomic E-state index is 12.0. The molecule has 0 bridgehead atoms. The lowest BCUT2D eigenvalue weighted by atomic mass is 10.2. The fourth-order valence-corrected chi connectivity index (χ4v) is 2.26. The van der Waals surface area contributed by atoms with Crippen molar-refractivity contribution in [3.63, 3.8) is 0 Å². The second kappa shape index (κ2) is 10.2. The van der Waals surface area contributed by atoms with E-state index in [-0.39, 0.29) is 18.9 Å². The number of amides is 2. The summed E-state index contributed by atoms with van der Waals surface area (Å²) in [7, 11) is 1.58. The van der Waals surface area contributed by atoms with Gasteiger partial charge in [0.15, 0.2) is 0 Å². The van der Waals surface area contributed by atoms with Gasteiger partial charge in [0.1, 0.15) is 12.4 Å². The fraction of sp³-hybridized carbons (Fsp3) is 0.211. The zero-order valence-corrected chi connectivity index (χ0v) is 15.7. The molecular formula is C19H20ClN3O4. The number of halogens is 1. The molecule has 2 aromatic rings. The topological polar surface area (TPSA) is 89.0 Å². The Hall–Kier alpha value is -3.06. The third kappa shape index (κ3) is 6.99. The number of ether oxygens (including phenoxy) is 2. The highest BCUT2D eigenvalue weighted by Crippen LogP contribution is 2.20. The Bertz CT molecular complexity index is 822. The van der Waals surface area contributed by atoms with E-state index < -0.39 is 6.09 Å². The molecule has 7 nitrogen and oxygen atoms in total. The van der Waals surface area contributed by atoms with Crippen molar-refractivity contribution in [2.45, 2.75) is 20.0 Å². The number of hydrazone groups is 1. The number of benzene rings is 2. The normalized spacial score (nSPS) is 10.9. The maximum Gasteiger partial charge on any atom is 0.428 e. The maximum atomic E-state index is 12.0. The molecule has 27 heavy (non-hydrogen) atoms. The number of nitrogens with one attached hydrogen (secondary N) is 2. The van der Waals surface area contributed by atoms with Gasteiger partial charge >= 0.3 is 6.09 Å². The molecule has 0 heterocycles. The van der Waals surface area contributed by atoms with E-state index in [0.29, 0.717) is 16.4 Å². The number of para-hydroxylation sites is 1. The van der Waals surface area contributed by atoms with E-state index in [1.54, 1.807) is 62.6 Å². The molecule has 8 heteroatoms. The van der Waals surface area contributed by atoms with Crippen LogP contribution in [0.4, 0.5) is 10.5 Å². The molecule has 0 aromatic heterocycles. The molecule has 0 radical (unpaired) electrons. The smallest absolute Gasteiger partial charge is 0.428 e. The van der Waals surface area contributed by atoms with Crippen LogP contribution >= 0.6 is 11.6 Å². The van der Waals surface area contributed by atoms with Crippen molar-refractivity contribution >= 4 is 35.0 Å². The zero-order valence-electron chi connectivity index (χ0n) is 15.0. The molecule has 0 spiro atoms. The second-order valence-corrected chi connectivity index (χ2v) is 6.00. The van der Waals surface area contributed by atoms with Gasteiger partial charge < -0.3 is 14.8 Å². The summed E-state index contributed by atoms with van der Waals surface area (Å²) in [5, 5.41) is 6.97. The number of nitrogens with zero attached hydrogens (tertiary/aromatic N) is 1. The number of carbonyl (C=O) groups excluding carboxylic acids is 2. The van der Waals surface area contributed by atoms with Crippen LogP contribution in [0.25, 0.3) is 0 Å². The van der Waals surface area contributed by atoms with E-state index in [2.05, 4.69) is 15.8 Å². The summed E-state index contributed by atoms with van der Waals surface area (Å²) in [6, 6.07) is 14.0. The number of hydrogen-bond acceptors (Lipinski definition) is 5. The van der Waals surface area contributed by atoms with Gasteiger partial charge in [-0.3, -0.25) is 4.79 Å². The van der Waals surface area contributed by atoms with E-state index in [4.69, 9.17) is 21.1 Å². The number of rotatable bonds is 7. The van der Waals surface area contributed by atoms with Crippen molar-refractivity contribution in [1.82, 2.24) is 5.43 Å². The Morgan fingerprint density at radius 3 is 2.48 bits per heavy atom. The lowest BCUT2D eigenvalue weighted by molar-refractivity contribution is -0.115. The highest BCUT2D eigenvalue weighted by molar-refractivity contribution is 6.33. The van der Waals surface area contributed by atoms with Crippen molar-refractivity contribution in [3.8, 4) is 5.75 Å². The summed E-state index contributed by atoms with van der Waals surface area (Å²) in [4.78, 5) is 23.7. The highest BCUT2D eigenvalue weighted by atomic mass is 35.5. The Morgan fingerprint density at radius 1 is 1.11 bits per heavy atom. The monoisotopic (exact) mass is 389 g/mol. The van der Waals surface area contributed by atoms with Crippen molar-refractivity contribution in [2.24, 2.45) is 5.10 Å².